The monoisotopic (exact) mass is 796 g/mol. The topological polar surface area (TPSA) is 191 Å². The van der Waals surface area contributed by atoms with E-state index in [-0.39, 0.29) is 76.9 Å². The van der Waals surface area contributed by atoms with Crippen LogP contribution in [-0.2, 0) is 31.1 Å². The Balaban J connectivity index is 1.33. The number of sulfone groups is 1. The number of rotatable bonds is 12. The van der Waals surface area contributed by atoms with Crippen molar-refractivity contribution >= 4 is 42.4 Å². The Morgan fingerprint density at radius 1 is 0.909 bits per heavy atom. The van der Waals surface area contributed by atoms with Crippen LogP contribution in [0, 0.1) is 21.7 Å². The molecule has 5 aromatic rings. The van der Waals surface area contributed by atoms with Crippen molar-refractivity contribution in [2.45, 2.75) is 22.3 Å². The lowest BCUT2D eigenvalue weighted by Gasteiger charge is -2.34. The first kappa shape index (κ1) is 39.1. The molecular weight excluding hydrogens is 763 g/mol. The summed E-state index contributed by atoms with van der Waals surface area (Å²) in [6, 6.07) is 16.3. The highest BCUT2D eigenvalue weighted by molar-refractivity contribution is 7.90. The molecule has 1 saturated heterocycles. The number of carbonyl (C=O) groups excluding carboxylic acids is 1. The van der Waals surface area contributed by atoms with Gasteiger partial charge in [0.1, 0.15) is 23.2 Å². The number of hydrogen-bond acceptors (Lipinski definition) is 11. The largest absolute Gasteiger partial charge is 0.497 e. The van der Waals surface area contributed by atoms with Gasteiger partial charge in [-0.1, -0.05) is 0 Å². The Kier molecular flexibility index (Phi) is 11.1. The zero-order valence-electron chi connectivity index (χ0n) is 29.4. The lowest BCUT2D eigenvalue weighted by atomic mass is 10.0. The number of nitrogens with one attached hydrogen (secondary N) is 1. The predicted molar refractivity (Wildman–Crippen MR) is 196 cm³/mol. The van der Waals surface area contributed by atoms with Crippen molar-refractivity contribution in [1.82, 2.24) is 24.1 Å². The van der Waals surface area contributed by atoms with Gasteiger partial charge < -0.3 is 10.1 Å². The zero-order chi connectivity index (χ0) is 39.7. The summed E-state index contributed by atoms with van der Waals surface area (Å²) in [5.41, 5.74) is -0.442. The Hall–Kier alpha value is -5.63. The maximum absolute atomic E-state index is 14.4. The van der Waals surface area contributed by atoms with Crippen LogP contribution in [-0.4, -0.2) is 92.5 Å². The molecule has 1 N–H and O–H groups in total. The van der Waals surface area contributed by atoms with Crippen LogP contribution in [0.1, 0.15) is 17.4 Å². The number of benzene rings is 4. The Morgan fingerprint density at radius 3 is 2.11 bits per heavy atom. The summed E-state index contributed by atoms with van der Waals surface area (Å²) >= 11 is 0. The SMILES string of the molecule is COc1ccc(-n2c([C@H](Cc3cc(F)cc(F)c3)NC(=O)CN3CCN(S(=O)(=O)c4ccc([N+](=O)[O-])cc4)CC3)nc3cc(S(C)(=O)=O)ccc3c2=O)cc1. The molecule has 288 valence electrons. The number of nitro groups is 1. The fourth-order valence-electron chi connectivity index (χ4n) is 6.26. The van der Waals surface area contributed by atoms with Gasteiger partial charge in [0.25, 0.3) is 11.2 Å². The molecule has 0 saturated carbocycles. The third kappa shape index (κ3) is 8.69. The quantitative estimate of drug-likeness (QED) is 0.144. The molecule has 1 amide bonds. The first-order valence-corrected chi connectivity index (χ1v) is 20.0. The zero-order valence-corrected chi connectivity index (χ0v) is 31.0. The summed E-state index contributed by atoms with van der Waals surface area (Å²) in [7, 11) is -6.25. The van der Waals surface area contributed by atoms with Gasteiger partial charge in [0.05, 0.1) is 51.0 Å². The van der Waals surface area contributed by atoms with Gasteiger partial charge in [-0.15, -0.1) is 0 Å². The number of non-ortho nitro benzene ring substituents is 1. The number of nitro benzene ring substituents is 1. The van der Waals surface area contributed by atoms with Crippen LogP contribution in [0.5, 0.6) is 5.75 Å². The van der Waals surface area contributed by atoms with Crippen LogP contribution in [0.3, 0.4) is 0 Å². The fraction of sp³-hybridized carbons (Fsp3) is 0.250. The van der Waals surface area contributed by atoms with Crippen molar-refractivity contribution in [1.29, 1.82) is 0 Å². The maximum Gasteiger partial charge on any atom is 0.269 e. The van der Waals surface area contributed by atoms with Crippen LogP contribution >= 0.6 is 0 Å². The van der Waals surface area contributed by atoms with Gasteiger partial charge in [0.2, 0.25) is 15.9 Å². The summed E-state index contributed by atoms with van der Waals surface area (Å²) in [6.45, 7) is 0.0456. The van der Waals surface area contributed by atoms with Gasteiger partial charge in [-0.2, -0.15) is 4.31 Å². The van der Waals surface area contributed by atoms with Crippen LogP contribution in [0.2, 0.25) is 0 Å². The van der Waals surface area contributed by atoms with Crippen LogP contribution in [0.25, 0.3) is 16.6 Å². The summed E-state index contributed by atoms with van der Waals surface area (Å²) in [4.78, 5) is 44.5. The Bertz CT molecular complexity index is 2540. The Morgan fingerprint density at radius 2 is 1.53 bits per heavy atom. The van der Waals surface area contributed by atoms with Crippen molar-refractivity contribution in [3.05, 3.63) is 128 Å². The molecule has 1 atom stereocenters. The average Bonchev–Trinajstić information content (AvgIpc) is 3.14. The highest BCUT2D eigenvalue weighted by Gasteiger charge is 2.31. The van der Waals surface area contributed by atoms with Crippen LogP contribution < -0.4 is 15.6 Å². The van der Waals surface area contributed by atoms with E-state index in [1.807, 2.05) is 0 Å². The lowest BCUT2D eigenvalue weighted by molar-refractivity contribution is -0.384. The number of hydrogen-bond donors (Lipinski definition) is 1. The number of carbonyl (C=O) groups is 1. The third-order valence-electron chi connectivity index (χ3n) is 9.02. The van der Waals surface area contributed by atoms with E-state index >= 15 is 0 Å². The minimum atomic E-state index is -3.99. The average molecular weight is 797 g/mol. The number of piperazine rings is 1. The second-order valence-electron chi connectivity index (χ2n) is 12.8. The minimum absolute atomic E-state index is 0.00251. The van der Waals surface area contributed by atoms with E-state index in [0.29, 0.717) is 17.5 Å². The molecule has 0 spiro atoms. The van der Waals surface area contributed by atoms with E-state index in [2.05, 4.69) is 5.32 Å². The normalized spacial score (nSPS) is 14.8. The summed E-state index contributed by atoms with van der Waals surface area (Å²) in [5.74, 6) is -1.93. The number of fused-ring (bicyclic) bond motifs is 1. The van der Waals surface area contributed by atoms with Crippen LogP contribution in [0.4, 0.5) is 14.5 Å². The summed E-state index contributed by atoms with van der Waals surface area (Å²) in [6.07, 6.45) is 0.752. The number of nitrogens with zero attached hydrogens (tertiary/aromatic N) is 5. The molecule has 55 heavy (non-hydrogen) atoms. The van der Waals surface area contributed by atoms with Crippen molar-refractivity contribution in [2.75, 3.05) is 46.1 Å². The number of halogens is 2. The molecule has 0 aliphatic carbocycles. The van der Waals surface area contributed by atoms with Crippen molar-refractivity contribution in [2.24, 2.45) is 0 Å². The van der Waals surface area contributed by atoms with E-state index in [4.69, 9.17) is 9.72 Å². The van der Waals surface area contributed by atoms with E-state index in [1.165, 1.54) is 34.2 Å². The van der Waals surface area contributed by atoms with Gasteiger partial charge in [-0.3, -0.25) is 29.2 Å². The first-order chi connectivity index (χ1) is 26.0. The van der Waals surface area contributed by atoms with Crippen molar-refractivity contribution < 1.29 is 40.1 Å². The molecule has 2 heterocycles. The molecule has 0 unspecified atom stereocenters. The molecule has 4 aromatic carbocycles. The number of ether oxygens (including phenoxy) is 1. The van der Waals surface area contributed by atoms with Gasteiger partial charge in [-0.25, -0.2) is 30.6 Å². The van der Waals surface area contributed by atoms with Gasteiger partial charge in [-0.05, 0) is 72.3 Å². The highest BCUT2D eigenvalue weighted by atomic mass is 32.2. The molecule has 0 radical (unpaired) electrons. The molecule has 1 fully saturated rings. The number of amides is 1. The standard InChI is InChI=1S/C36H34F2N6O9S2/c1-53-28-7-3-26(4-8-28)43-35(40-32-21-30(54(2,49)50)11-12-31(32)36(43)46)33(19-23-17-24(37)20-25(38)18-23)39-34(45)22-41-13-15-42(16-14-41)55(51,52)29-9-5-27(6-10-29)44(47)48/h3-12,17-18,20-21,33H,13-16,19,22H2,1-2H3,(H,39,45)/t33-/m0/s1. The summed E-state index contributed by atoms with van der Waals surface area (Å²) < 4.78 is 87.9. The number of methoxy groups -OCH3 is 1. The van der Waals surface area contributed by atoms with E-state index in [9.17, 15) is 45.3 Å². The number of aromatic nitrogens is 2. The molecule has 0 bridgehead atoms. The molecule has 19 heteroatoms. The van der Waals surface area contributed by atoms with Gasteiger partial charge in [0, 0.05) is 57.1 Å². The first-order valence-electron chi connectivity index (χ1n) is 16.7. The lowest BCUT2D eigenvalue weighted by Crippen LogP contribution is -2.51. The second-order valence-corrected chi connectivity index (χ2v) is 16.7. The van der Waals surface area contributed by atoms with Crippen molar-refractivity contribution in [3.63, 3.8) is 0 Å². The molecule has 6 rings (SSSR count). The molecule has 1 aromatic heterocycles. The Labute approximate surface area is 313 Å². The van der Waals surface area contributed by atoms with Crippen molar-refractivity contribution in [3.8, 4) is 11.4 Å². The van der Waals surface area contributed by atoms with E-state index in [0.717, 1.165) is 42.7 Å². The summed E-state index contributed by atoms with van der Waals surface area (Å²) in [5, 5.41) is 13.9. The van der Waals surface area contributed by atoms with Gasteiger partial charge >= 0.3 is 0 Å². The second kappa shape index (κ2) is 15.6. The smallest absolute Gasteiger partial charge is 0.269 e. The molecule has 15 nitrogen and oxygen atoms in total. The van der Waals surface area contributed by atoms with Crippen LogP contribution in [0.15, 0.2) is 99.5 Å². The highest BCUT2D eigenvalue weighted by Crippen LogP contribution is 2.26. The van der Waals surface area contributed by atoms with E-state index < -0.39 is 53.9 Å². The van der Waals surface area contributed by atoms with E-state index in [1.54, 1.807) is 29.2 Å². The fourth-order valence-corrected chi connectivity index (χ4v) is 8.32. The maximum atomic E-state index is 14.4. The molecule has 1 aliphatic rings. The third-order valence-corrected chi connectivity index (χ3v) is 12.0. The van der Waals surface area contributed by atoms with Gasteiger partial charge in [0.15, 0.2) is 9.84 Å². The molecular formula is C36H34F2N6O9S2. The number of sulfonamides is 1. The molecule has 1 aliphatic heterocycles. The predicted octanol–water partition coefficient (Wildman–Crippen LogP) is 3.39. The minimum Gasteiger partial charge on any atom is -0.497 e.